The molecule has 82 valence electrons. The summed E-state index contributed by atoms with van der Waals surface area (Å²) in [6.07, 6.45) is 4.74. The highest BCUT2D eigenvalue weighted by molar-refractivity contribution is 5.26. The predicted molar refractivity (Wildman–Crippen MR) is 60.5 cm³/mol. The monoisotopic (exact) mass is 207 g/mol. The summed E-state index contributed by atoms with van der Waals surface area (Å²) >= 11 is 0. The molecule has 1 aliphatic carbocycles. The van der Waals surface area contributed by atoms with Crippen molar-refractivity contribution < 1.29 is 4.39 Å². The van der Waals surface area contributed by atoms with E-state index >= 15 is 0 Å². The zero-order chi connectivity index (χ0) is 10.7. The van der Waals surface area contributed by atoms with Gasteiger partial charge in [0, 0.05) is 6.04 Å². The van der Waals surface area contributed by atoms with Crippen molar-refractivity contribution in [3.8, 4) is 0 Å². The van der Waals surface area contributed by atoms with Crippen LogP contribution in [-0.4, -0.2) is 12.6 Å². The molecule has 0 atom stereocenters. The van der Waals surface area contributed by atoms with E-state index in [1.54, 1.807) is 6.07 Å². The maximum absolute atomic E-state index is 13.0. The van der Waals surface area contributed by atoms with E-state index in [0.717, 1.165) is 31.0 Å². The Labute approximate surface area is 90.7 Å². The maximum atomic E-state index is 13.0. The lowest BCUT2D eigenvalue weighted by molar-refractivity contribution is 0.618. The minimum Gasteiger partial charge on any atom is -0.314 e. The molecule has 2 heteroatoms. The predicted octanol–water partition coefficient (Wildman–Crippen LogP) is 2.82. The number of rotatable bonds is 5. The molecule has 0 saturated heterocycles. The minimum absolute atomic E-state index is 0.120. The molecular weight excluding hydrogens is 189 g/mol. The van der Waals surface area contributed by atoms with Gasteiger partial charge >= 0.3 is 0 Å². The van der Waals surface area contributed by atoms with E-state index in [1.165, 1.54) is 24.5 Å². The number of hydrogen-bond donors (Lipinski definition) is 1. The van der Waals surface area contributed by atoms with Crippen LogP contribution in [0, 0.1) is 12.7 Å². The highest BCUT2D eigenvalue weighted by Gasteiger charge is 2.19. The molecular formula is C13H18FN. The van der Waals surface area contributed by atoms with E-state index in [9.17, 15) is 4.39 Å². The van der Waals surface area contributed by atoms with Gasteiger partial charge in [-0.05, 0) is 62.4 Å². The van der Waals surface area contributed by atoms with E-state index in [0.29, 0.717) is 0 Å². The van der Waals surface area contributed by atoms with Crippen LogP contribution >= 0.6 is 0 Å². The fraction of sp³-hybridized carbons (Fsp3) is 0.538. The Bertz CT molecular complexity index is 331. The Kier molecular flexibility index (Phi) is 3.37. The lowest BCUT2D eigenvalue weighted by Crippen LogP contribution is -2.18. The molecule has 0 unspecified atom stereocenters. The molecule has 1 N–H and O–H groups in total. The fourth-order valence-corrected chi connectivity index (χ4v) is 1.78. The van der Waals surface area contributed by atoms with E-state index in [1.807, 2.05) is 13.0 Å². The summed E-state index contributed by atoms with van der Waals surface area (Å²) in [4.78, 5) is 0. The number of halogens is 1. The average Bonchev–Trinajstić information content (AvgIpc) is 3.01. The first-order chi connectivity index (χ1) is 7.25. The van der Waals surface area contributed by atoms with Crippen LogP contribution in [0.3, 0.4) is 0 Å². The van der Waals surface area contributed by atoms with Crippen LogP contribution < -0.4 is 5.32 Å². The molecule has 1 aliphatic rings. The number of benzene rings is 1. The molecule has 0 spiro atoms. The highest BCUT2D eigenvalue weighted by atomic mass is 19.1. The van der Waals surface area contributed by atoms with Gasteiger partial charge in [-0.25, -0.2) is 4.39 Å². The maximum Gasteiger partial charge on any atom is 0.123 e. The Morgan fingerprint density at radius 2 is 2.20 bits per heavy atom. The zero-order valence-electron chi connectivity index (χ0n) is 9.22. The molecule has 0 bridgehead atoms. The number of nitrogens with one attached hydrogen (secondary N) is 1. The van der Waals surface area contributed by atoms with Gasteiger partial charge in [0.1, 0.15) is 5.82 Å². The first-order valence-corrected chi connectivity index (χ1v) is 5.74. The van der Waals surface area contributed by atoms with Crippen molar-refractivity contribution in [1.82, 2.24) is 5.32 Å². The van der Waals surface area contributed by atoms with Crippen molar-refractivity contribution >= 4 is 0 Å². The molecule has 0 aliphatic heterocycles. The van der Waals surface area contributed by atoms with Crippen molar-refractivity contribution in [3.05, 3.63) is 35.1 Å². The van der Waals surface area contributed by atoms with Crippen LogP contribution in [0.25, 0.3) is 0 Å². The van der Waals surface area contributed by atoms with Crippen molar-refractivity contribution in [3.63, 3.8) is 0 Å². The summed E-state index contributed by atoms with van der Waals surface area (Å²) in [7, 11) is 0. The average molecular weight is 207 g/mol. The van der Waals surface area contributed by atoms with Crippen LogP contribution in [0.2, 0.25) is 0 Å². The molecule has 0 heterocycles. The normalized spacial score (nSPS) is 15.6. The molecule has 1 saturated carbocycles. The summed E-state index contributed by atoms with van der Waals surface area (Å²) in [5.41, 5.74) is 2.34. The van der Waals surface area contributed by atoms with Crippen molar-refractivity contribution in [2.24, 2.45) is 0 Å². The van der Waals surface area contributed by atoms with E-state index in [-0.39, 0.29) is 5.82 Å². The highest BCUT2D eigenvalue weighted by Crippen LogP contribution is 2.18. The molecule has 0 aromatic heterocycles. The SMILES string of the molecule is Cc1ccc(F)cc1CCCNC1CC1. The van der Waals surface area contributed by atoms with Crippen LogP contribution in [0.15, 0.2) is 18.2 Å². The summed E-state index contributed by atoms with van der Waals surface area (Å²) in [6.45, 7) is 3.10. The summed E-state index contributed by atoms with van der Waals surface area (Å²) in [6, 6.07) is 5.82. The van der Waals surface area contributed by atoms with Gasteiger partial charge in [0.2, 0.25) is 0 Å². The third kappa shape index (κ3) is 3.31. The Hall–Kier alpha value is -0.890. The topological polar surface area (TPSA) is 12.0 Å². The van der Waals surface area contributed by atoms with Gasteiger partial charge in [0.25, 0.3) is 0 Å². The van der Waals surface area contributed by atoms with Gasteiger partial charge < -0.3 is 5.32 Å². The van der Waals surface area contributed by atoms with Crippen molar-refractivity contribution in [1.29, 1.82) is 0 Å². The molecule has 1 aromatic rings. The largest absolute Gasteiger partial charge is 0.314 e. The molecule has 15 heavy (non-hydrogen) atoms. The van der Waals surface area contributed by atoms with Gasteiger partial charge in [0.15, 0.2) is 0 Å². The molecule has 1 fully saturated rings. The minimum atomic E-state index is -0.120. The van der Waals surface area contributed by atoms with Gasteiger partial charge in [0.05, 0.1) is 0 Å². The first-order valence-electron chi connectivity index (χ1n) is 5.74. The second-order valence-corrected chi connectivity index (χ2v) is 4.40. The lowest BCUT2D eigenvalue weighted by atomic mass is 10.0. The van der Waals surface area contributed by atoms with E-state index in [4.69, 9.17) is 0 Å². The van der Waals surface area contributed by atoms with E-state index < -0.39 is 0 Å². The van der Waals surface area contributed by atoms with E-state index in [2.05, 4.69) is 5.32 Å². The summed E-state index contributed by atoms with van der Waals surface area (Å²) in [5, 5.41) is 3.47. The fourth-order valence-electron chi connectivity index (χ4n) is 1.78. The Morgan fingerprint density at radius 3 is 2.93 bits per heavy atom. The number of aryl methyl sites for hydroxylation is 2. The van der Waals surface area contributed by atoms with Crippen LogP contribution in [-0.2, 0) is 6.42 Å². The second-order valence-electron chi connectivity index (χ2n) is 4.40. The van der Waals surface area contributed by atoms with Crippen LogP contribution in [0.5, 0.6) is 0 Å². The second kappa shape index (κ2) is 4.75. The molecule has 0 amide bonds. The van der Waals surface area contributed by atoms with Gasteiger partial charge in [-0.15, -0.1) is 0 Å². The third-order valence-corrected chi connectivity index (χ3v) is 2.94. The van der Waals surface area contributed by atoms with Crippen LogP contribution in [0.1, 0.15) is 30.4 Å². The zero-order valence-corrected chi connectivity index (χ0v) is 9.22. The molecule has 1 nitrogen and oxygen atoms in total. The Balaban J connectivity index is 1.78. The van der Waals surface area contributed by atoms with Crippen molar-refractivity contribution in [2.75, 3.05) is 6.54 Å². The van der Waals surface area contributed by atoms with Gasteiger partial charge in [-0.3, -0.25) is 0 Å². The summed E-state index contributed by atoms with van der Waals surface area (Å²) < 4.78 is 13.0. The first kappa shape index (κ1) is 10.6. The smallest absolute Gasteiger partial charge is 0.123 e. The molecule has 1 aromatic carbocycles. The lowest BCUT2D eigenvalue weighted by Gasteiger charge is -2.06. The summed E-state index contributed by atoms with van der Waals surface area (Å²) in [5.74, 6) is -0.120. The van der Waals surface area contributed by atoms with Crippen LogP contribution in [0.4, 0.5) is 4.39 Å². The van der Waals surface area contributed by atoms with Gasteiger partial charge in [-0.1, -0.05) is 6.07 Å². The van der Waals surface area contributed by atoms with Crippen molar-refractivity contribution in [2.45, 2.75) is 38.6 Å². The third-order valence-electron chi connectivity index (χ3n) is 2.94. The molecule has 2 rings (SSSR count). The quantitative estimate of drug-likeness (QED) is 0.732. The number of hydrogen-bond acceptors (Lipinski definition) is 1. The van der Waals surface area contributed by atoms with Gasteiger partial charge in [-0.2, -0.15) is 0 Å². The standard InChI is InChI=1S/C13H18FN/c1-10-4-5-12(14)9-11(10)3-2-8-15-13-6-7-13/h4-5,9,13,15H,2-3,6-8H2,1H3. The Morgan fingerprint density at radius 1 is 1.40 bits per heavy atom. The molecule has 0 radical (unpaired) electrons.